The SMILES string of the molecule is O=C(CCl)c1cc(F)cc(F)n1. The molecule has 0 radical (unpaired) electrons. The molecule has 0 aromatic carbocycles. The Labute approximate surface area is 72.2 Å². The normalized spacial score (nSPS) is 9.92. The Morgan fingerprint density at radius 2 is 2.17 bits per heavy atom. The molecule has 0 fully saturated rings. The Kier molecular flexibility index (Phi) is 2.70. The molecule has 1 rings (SSSR count). The molecule has 0 aliphatic heterocycles. The summed E-state index contributed by atoms with van der Waals surface area (Å²) in [6.45, 7) is 0. The molecule has 0 aliphatic rings. The summed E-state index contributed by atoms with van der Waals surface area (Å²) in [4.78, 5) is 14.0. The molecule has 2 nitrogen and oxygen atoms in total. The molecule has 0 unspecified atom stereocenters. The zero-order valence-corrected chi connectivity index (χ0v) is 6.61. The molecule has 0 spiro atoms. The average Bonchev–Trinajstić information content (AvgIpc) is 2.01. The maximum Gasteiger partial charge on any atom is 0.216 e. The van der Waals surface area contributed by atoms with Gasteiger partial charge in [0.15, 0.2) is 5.78 Å². The van der Waals surface area contributed by atoms with Crippen LogP contribution >= 0.6 is 11.6 Å². The van der Waals surface area contributed by atoms with Crippen LogP contribution in [0.1, 0.15) is 10.5 Å². The lowest BCUT2D eigenvalue weighted by Crippen LogP contribution is -2.05. The van der Waals surface area contributed by atoms with Gasteiger partial charge in [-0.25, -0.2) is 9.37 Å². The van der Waals surface area contributed by atoms with Crippen molar-refractivity contribution < 1.29 is 13.6 Å². The number of carbonyl (C=O) groups excluding carboxylic acids is 1. The van der Waals surface area contributed by atoms with Crippen molar-refractivity contribution >= 4 is 17.4 Å². The van der Waals surface area contributed by atoms with Crippen LogP contribution in [0.2, 0.25) is 0 Å². The lowest BCUT2D eigenvalue weighted by atomic mass is 10.3. The van der Waals surface area contributed by atoms with E-state index in [2.05, 4.69) is 4.98 Å². The number of hydrogen-bond acceptors (Lipinski definition) is 2. The fraction of sp³-hybridized carbons (Fsp3) is 0.143. The number of Topliss-reactive ketones (excluding diaryl/α,β-unsaturated/α-hetero) is 1. The van der Waals surface area contributed by atoms with Gasteiger partial charge in [-0.2, -0.15) is 4.39 Å². The van der Waals surface area contributed by atoms with Crippen LogP contribution in [0, 0.1) is 11.8 Å². The summed E-state index contributed by atoms with van der Waals surface area (Å²) in [6, 6.07) is 1.43. The predicted octanol–water partition coefficient (Wildman–Crippen LogP) is 1.78. The van der Waals surface area contributed by atoms with Crippen molar-refractivity contribution in [1.82, 2.24) is 4.98 Å². The lowest BCUT2D eigenvalue weighted by Gasteiger charge is -1.95. The van der Waals surface area contributed by atoms with Crippen molar-refractivity contribution in [3.63, 3.8) is 0 Å². The maximum atomic E-state index is 12.4. The van der Waals surface area contributed by atoms with Gasteiger partial charge in [-0.1, -0.05) is 0 Å². The topological polar surface area (TPSA) is 30.0 Å². The summed E-state index contributed by atoms with van der Waals surface area (Å²) >= 11 is 5.16. The smallest absolute Gasteiger partial charge is 0.216 e. The van der Waals surface area contributed by atoms with E-state index in [9.17, 15) is 13.6 Å². The Morgan fingerprint density at radius 3 is 2.67 bits per heavy atom. The molecule has 64 valence electrons. The molecular weight excluding hydrogens is 188 g/mol. The molecule has 0 atom stereocenters. The maximum absolute atomic E-state index is 12.4. The molecule has 0 amide bonds. The predicted molar refractivity (Wildman–Crippen MR) is 39.2 cm³/mol. The first-order valence-electron chi connectivity index (χ1n) is 3.05. The van der Waals surface area contributed by atoms with E-state index in [0.717, 1.165) is 6.07 Å². The first-order chi connectivity index (χ1) is 5.63. The highest BCUT2D eigenvalue weighted by atomic mass is 35.5. The number of carbonyl (C=O) groups is 1. The second-order valence-corrected chi connectivity index (χ2v) is 2.32. The molecule has 0 saturated heterocycles. The third kappa shape index (κ3) is 1.98. The largest absolute Gasteiger partial charge is 0.291 e. The Balaban J connectivity index is 3.08. The van der Waals surface area contributed by atoms with Gasteiger partial charge in [0, 0.05) is 12.1 Å². The highest BCUT2D eigenvalue weighted by Crippen LogP contribution is 2.04. The number of rotatable bonds is 2. The van der Waals surface area contributed by atoms with Gasteiger partial charge in [0.1, 0.15) is 11.5 Å². The number of pyridine rings is 1. The van der Waals surface area contributed by atoms with Crippen LogP contribution in [0.5, 0.6) is 0 Å². The number of aromatic nitrogens is 1. The molecule has 1 aromatic rings. The van der Waals surface area contributed by atoms with E-state index in [1.807, 2.05) is 0 Å². The summed E-state index contributed by atoms with van der Waals surface area (Å²) in [5.41, 5.74) is -0.289. The molecule has 0 saturated carbocycles. The Hall–Kier alpha value is -1.03. The van der Waals surface area contributed by atoms with Gasteiger partial charge in [0.05, 0.1) is 5.88 Å². The van der Waals surface area contributed by atoms with Crippen molar-refractivity contribution in [2.24, 2.45) is 0 Å². The van der Waals surface area contributed by atoms with Gasteiger partial charge in [0.25, 0.3) is 0 Å². The lowest BCUT2D eigenvalue weighted by molar-refractivity contribution is 0.101. The van der Waals surface area contributed by atoms with Crippen molar-refractivity contribution in [3.05, 3.63) is 29.6 Å². The third-order valence-electron chi connectivity index (χ3n) is 1.17. The number of halogens is 3. The van der Waals surface area contributed by atoms with Gasteiger partial charge in [-0.05, 0) is 0 Å². The number of ketones is 1. The minimum Gasteiger partial charge on any atom is -0.291 e. The fourth-order valence-corrected chi connectivity index (χ4v) is 0.814. The van der Waals surface area contributed by atoms with Gasteiger partial charge < -0.3 is 0 Å². The van der Waals surface area contributed by atoms with Gasteiger partial charge >= 0.3 is 0 Å². The minimum absolute atomic E-state index is 0.289. The van der Waals surface area contributed by atoms with Crippen molar-refractivity contribution in [2.75, 3.05) is 5.88 Å². The van der Waals surface area contributed by atoms with Crippen LogP contribution in [0.4, 0.5) is 8.78 Å². The molecular formula is C7H4ClF2NO. The zero-order valence-electron chi connectivity index (χ0n) is 5.85. The molecule has 12 heavy (non-hydrogen) atoms. The highest BCUT2D eigenvalue weighted by molar-refractivity contribution is 6.30. The summed E-state index contributed by atoms with van der Waals surface area (Å²) < 4.78 is 24.8. The summed E-state index contributed by atoms with van der Waals surface area (Å²) in [7, 11) is 0. The second-order valence-electron chi connectivity index (χ2n) is 2.05. The van der Waals surface area contributed by atoms with Crippen LogP contribution in [-0.4, -0.2) is 16.6 Å². The molecule has 0 N–H and O–H groups in total. The monoisotopic (exact) mass is 191 g/mol. The van der Waals surface area contributed by atoms with Crippen LogP contribution in [0.25, 0.3) is 0 Å². The summed E-state index contributed by atoms with van der Waals surface area (Å²) in [5.74, 6) is -2.80. The van der Waals surface area contributed by atoms with E-state index in [0.29, 0.717) is 6.07 Å². The van der Waals surface area contributed by atoms with Crippen molar-refractivity contribution in [1.29, 1.82) is 0 Å². The first-order valence-corrected chi connectivity index (χ1v) is 3.59. The first kappa shape index (κ1) is 9.06. The summed E-state index contributed by atoms with van der Waals surface area (Å²) in [5, 5.41) is 0. The van der Waals surface area contributed by atoms with E-state index in [1.54, 1.807) is 0 Å². The molecule has 5 heteroatoms. The van der Waals surface area contributed by atoms with Crippen LogP contribution < -0.4 is 0 Å². The van der Waals surface area contributed by atoms with Crippen molar-refractivity contribution in [3.8, 4) is 0 Å². The van der Waals surface area contributed by atoms with E-state index in [-0.39, 0.29) is 11.6 Å². The second kappa shape index (κ2) is 3.58. The van der Waals surface area contributed by atoms with Crippen LogP contribution in [0.15, 0.2) is 12.1 Å². The quantitative estimate of drug-likeness (QED) is 0.405. The standard InChI is InChI=1S/C7H4ClF2NO/c8-3-6(12)5-1-4(9)2-7(10)11-5/h1-2H,3H2. The van der Waals surface area contributed by atoms with Crippen LogP contribution in [0.3, 0.4) is 0 Å². The van der Waals surface area contributed by atoms with E-state index in [4.69, 9.17) is 11.6 Å². The fourth-order valence-electron chi connectivity index (χ4n) is 0.677. The molecule has 1 aromatic heterocycles. The third-order valence-corrected chi connectivity index (χ3v) is 1.41. The Bertz CT molecular complexity index is 296. The Morgan fingerprint density at radius 1 is 1.50 bits per heavy atom. The number of alkyl halides is 1. The van der Waals surface area contributed by atoms with E-state index in [1.165, 1.54) is 0 Å². The highest BCUT2D eigenvalue weighted by Gasteiger charge is 2.08. The number of hydrogen-bond donors (Lipinski definition) is 0. The summed E-state index contributed by atoms with van der Waals surface area (Å²) in [6.07, 6.45) is 0. The van der Waals surface area contributed by atoms with E-state index < -0.39 is 17.5 Å². The van der Waals surface area contributed by atoms with Gasteiger partial charge in [0.2, 0.25) is 5.95 Å². The molecule has 1 heterocycles. The van der Waals surface area contributed by atoms with Crippen molar-refractivity contribution in [2.45, 2.75) is 0 Å². The molecule has 0 aliphatic carbocycles. The average molecular weight is 192 g/mol. The minimum atomic E-state index is -1.02. The zero-order chi connectivity index (χ0) is 9.14. The van der Waals surface area contributed by atoms with Gasteiger partial charge in [-0.15, -0.1) is 11.6 Å². The van der Waals surface area contributed by atoms with Gasteiger partial charge in [-0.3, -0.25) is 4.79 Å². The van der Waals surface area contributed by atoms with E-state index >= 15 is 0 Å². The number of nitrogens with zero attached hydrogens (tertiary/aromatic N) is 1. The molecule has 0 bridgehead atoms. The van der Waals surface area contributed by atoms with Crippen LogP contribution in [-0.2, 0) is 0 Å².